The van der Waals surface area contributed by atoms with Crippen LogP contribution in [0.4, 0.5) is 0 Å². The number of hydrogen-bond donors (Lipinski definition) is 3. The summed E-state index contributed by atoms with van der Waals surface area (Å²) in [6.45, 7) is 5.13. The predicted molar refractivity (Wildman–Crippen MR) is 99.4 cm³/mol. The highest BCUT2D eigenvalue weighted by atomic mass is 32.2. The summed E-state index contributed by atoms with van der Waals surface area (Å²) < 4.78 is 32.4. The molecule has 0 saturated carbocycles. The standard InChI is InChI=1S/C15H29N7O3S/c1-15(2,21-26(5,23)24)10-17-14(16-3)18-11-6-7-13-19-12(9-25-4)20-22(13)8-11/h11,21H,6-10H2,1-5H3,(H2,16,17,18). The Bertz CT molecular complexity index is 742. The van der Waals surface area contributed by atoms with Crippen molar-refractivity contribution in [1.82, 2.24) is 30.1 Å². The second kappa shape index (κ2) is 8.31. The third kappa shape index (κ3) is 6.22. The minimum atomic E-state index is -3.28. The van der Waals surface area contributed by atoms with E-state index in [1.807, 2.05) is 18.5 Å². The summed E-state index contributed by atoms with van der Waals surface area (Å²) in [7, 11) is 0.0338. The lowest BCUT2D eigenvalue weighted by Gasteiger charge is -2.29. The van der Waals surface area contributed by atoms with E-state index in [9.17, 15) is 8.42 Å². The van der Waals surface area contributed by atoms with E-state index in [0.717, 1.165) is 24.9 Å². The number of nitrogens with zero attached hydrogens (tertiary/aromatic N) is 4. The third-order valence-corrected chi connectivity index (χ3v) is 4.82. The van der Waals surface area contributed by atoms with Crippen LogP contribution in [0.15, 0.2) is 4.99 Å². The highest BCUT2D eigenvalue weighted by Crippen LogP contribution is 2.13. The van der Waals surface area contributed by atoms with Crippen LogP contribution in [-0.4, -0.2) is 67.7 Å². The molecule has 0 saturated heterocycles. The highest BCUT2D eigenvalue weighted by molar-refractivity contribution is 7.88. The van der Waals surface area contributed by atoms with Crippen molar-refractivity contribution in [3.8, 4) is 0 Å². The Morgan fingerprint density at radius 2 is 2.19 bits per heavy atom. The average Bonchev–Trinajstić information content (AvgIpc) is 2.91. The summed E-state index contributed by atoms with van der Waals surface area (Å²) in [5, 5.41) is 11.0. The van der Waals surface area contributed by atoms with Gasteiger partial charge in [-0.05, 0) is 20.3 Å². The number of sulfonamides is 1. The summed E-state index contributed by atoms with van der Waals surface area (Å²) in [5.74, 6) is 2.29. The van der Waals surface area contributed by atoms with E-state index < -0.39 is 15.6 Å². The summed E-state index contributed by atoms with van der Waals surface area (Å²) in [5.41, 5.74) is -0.633. The molecule has 0 aliphatic carbocycles. The topological polar surface area (TPSA) is 123 Å². The predicted octanol–water partition coefficient (Wildman–Crippen LogP) is -0.768. The molecule has 0 amide bonds. The molecule has 0 radical (unpaired) electrons. The van der Waals surface area contributed by atoms with E-state index in [2.05, 4.69) is 30.4 Å². The van der Waals surface area contributed by atoms with Gasteiger partial charge in [-0.3, -0.25) is 4.99 Å². The van der Waals surface area contributed by atoms with Crippen molar-refractivity contribution in [3.63, 3.8) is 0 Å². The molecule has 2 rings (SSSR count). The molecule has 0 fully saturated rings. The van der Waals surface area contributed by atoms with Crippen LogP contribution in [-0.2, 0) is 34.3 Å². The molecule has 1 aliphatic rings. The van der Waals surface area contributed by atoms with E-state index in [1.165, 1.54) is 0 Å². The lowest BCUT2D eigenvalue weighted by molar-refractivity contribution is 0.177. The molecule has 2 heterocycles. The van der Waals surface area contributed by atoms with Crippen LogP contribution in [0.25, 0.3) is 0 Å². The third-order valence-electron chi connectivity index (χ3n) is 3.90. The molecule has 1 aromatic rings. The number of methoxy groups -OCH3 is 1. The summed E-state index contributed by atoms with van der Waals surface area (Å²) >= 11 is 0. The maximum absolute atomic E-state index is 11.4. The van der Waals surface area contributed by atoms with Crippen LogP contribution in [0.1, 0.15) is 31.9 Å². The molecule has 1 unspecified atom stereocenters. The van der Waals surface area contributed by atoms with E-state index in [-0.39, 0.29) is 6.04 Å². The first kappa shape index (κ1) is 20.6. The fourth-order valence-electron chi connectivity index (χ4n) is 2.90. The average molecular weight is 388 g/mol. The Hall–Kier alpha value is -1.72. The van der Waals surface area contributed by atoms with Crippen molar-refractivity contribution in [2.45, 2.75) is 51.4 Å². The van der Waals surface area contributed by atoms with Gasteiger partial charge in [-0.2, -0.15) is 5.10 Å². The van der Waals surface area contributed by atoms with Crippen LogP contribution in [0.5, 0.6) is 0 Å². The van der Waals surface area contributed by atoms with E-state index in [1.54, 1.807) is 14.2 Å². The van der Waals surface area contributed by atoms with Gasteiger partial charge in [0, 0.05) is 38.7 Å². The molecule has 0 bridgehead atoms. The Balaban J connectivity index is 1.90. The number of guanidine groups is 1. The van der Waals surface area contributed by atoms with Crippen LogP contribution < -0.4 is 15.4 Å². The van der Waals surface area contributed by atoms with Gasteiger partial charge in [-0.1, -0.05) is 0 Å². The molecule has 1 atom stereocenters. The monoisotopic (exact) mass is 387 g/mol. The van der Waals surface area contributed by atoms with E-state index >= 15 is 0 Å². The largest absolute Gasteiger partial charge is 0.377 e. The fourth-order valence-corrected chi connectivity index (χ4v) is 3.98. The van der Waals surface area contributed by atoms with E-state index in [0.29, 0.717) is 31.5 Å². The van der Waals surface area contributed by atoms with Gasteiger partial charge < -0.3 is 15.4 Å². The van der Waals surface area contributed by atoms with Gasteiger partial charge in [0.2, 0.25) is 10.0 Å². The van der Waals surface area contributed by atoms with E-state index in [4.69, 9.17) is 4.74 Å². The Morgan fingerprint density at radius 1 is 1.46 bits per heavy atom. The summed E-state index contributed by atoms with van der Waals surface area (Å²) in [6.07, 6.45) is 2.89. The zero-order valence-electron chi connectivity index (χ0n) is 16.0. The van der Waals surface area contributed by atoms with Crippen LogP contribution in [0.3, 0.4) is 0 Å². The maximum atomic E-state index is 11.4. The van der Waals surface area contributed by atoms with Gasteiger partial charge >= 0.3 is 0 Å². The number of fused-ring (bicyclic) bond motifs is 1. The van der Waals surface area contributed by atoms with Gasteiger partial charge in [-0.15, -0.1) is 0 Å². The smallest absolute Gasteiger partial charge is 0.209 e. The quantitative estimate of drug-likeness (QED) is 0.415. The second-order valence-corrected chi connectivity index (χ2v) is 8.87. The zero-order chi connectivity index (χ0) is 19.4. The van der Waals surface area contributed by atoms with Gasteiger partial charge in [-0.25, -0.2) is 22.8 Å². The second-order valence-electron chi connectivity index (χ2n) is 7.12. The molecule has 11 heteroatoms. The molecule has 1 aliphatic heterocycles. The number of rotatable bonds is 7. The highest BCUT2D eigenvalue weighted by Gasteiger charge is 2.25. The molecule has 0 aromatic carbocycles. The molecule has 1 aromatic heterocycles. The Morgan fingerprint density at radius 3 is 2.81 bits per heavy atom. The molecule has 3 N–H and O–H groups in total. The van der Waals surface area contributed by atoms with Crippen LogP contribution in [0.2, 0.25) is 0 Å². The minimum absolute atomic E-state index is 0.164. The first-order chi connectivity index (χ1) is 12.1. The number of aromatic nitrogens is 3. The van der Waals surface area contributed by atoms with Gasteiger partial charge in [0.15, 0.2) is 11.8 Å². The number of aryl methyl sites for hydroxylation is 1. The van der Waals surface area contributed by atoms with Crippen molar-refractivity contribution >= 4 is 16.0 Å². The lowest BCUT2D eigenvalue weighted by Crippen LogP contribution is -2.54. The molecule has 26 heavy (non-hydrogen) atoms. The number of nitrogens with one attached hydrogen (secondary N) is 3. The number of aliphatic imine (C=N–C) groups is 1. The number of ether oxygens (including phenoxy) is 1. The Labute approximate surface area is 154 Å². The van der Waals surface area contributed by atoms with Crippen LogP contribution in [0, 0.1) is 0 Å². The number of hydrogen-bond acceptors (Lipinski definition) is 6. The molecule has 0 spiro atoms. The van der Waals surface area contributed by atoms with Gasteiger partial charge in [0.25, 0.3) is 0 Å². The van der Waals surface area contributed by atoms with Crippen LogP contribution >= 0.6 is 0 Å². The molecular formula is C15H29N7O3S. The van der Waals surface area contributed by atoms with Crippen molar-refractivity contribution in [3.05, 3.63) is 11.6 Å². The SMILES string of the molecule is CN=C(NCC(C)(C)NS(C)(=O)=O)NC1CCc2nc(COC)nn2C1. The summed E-state index contributed by atoms with van der Waals surface area (Å²) in [6, 6.07) is 0.164. The Kier molecular flexibility index (Phi) is 6.58. The van der Waals surface area contributed by atoms with Crippen molar-refractivity contribution < 1.29 is 13.2 Å². The first-order valence-electron chi connectivity index (χ1n) is 8.49. The lowest BCUT2D eigenvalue weighted by atomic mass is 10.1. The normalized spacial score (nSPS) is 18.5. The maximum Gasteiger partial charge on any atom is 0.209 e. The molecule has 148 valence electrons. The molecular weight excluding hydrogens is 358 g/mol. The fraction of sp³-hybridized carbons (Fsp3) is 0.800. The van der Waals surface area contributed by atoms with Crippen molar-refractivity contribution in [1.29, 1.82) is 0 Å². The van der Waals surface area contributed by atoms with Crippen molar-refractivity contribution in [2.24, 2.45) is 4.99 Å². The van der Waals surface area contributed by atoms with Gasteiger partial charge in [0.05, 0.1) is 12.8 Å². The van der Waals surface area contributed by atoms with Crippen molar-refractivity contribution in [2.75, 3.05) is 27.0 Å². The first-order valence-corrected chi connectivity index (χ1v) is 10.4. The minimum Gasteiger partial charge on any atom is -0.377 e. The summed E-state index contributed by atoms with van der Waals surface area (Å²) in [4.78, 5) is 8.69. The zero-order valence-corrected chi connectivity index (χ0v) is 16.9. The van der Waals surface area contributed by atoms with Gasteiger partial charge in [0.1, 0.15) is 12.4 Å². The molecule has 10 nitrogen and oxygen atoms in total.